The number of carboxylic acids is 1. The van der Waals surface area contributed by atoms with Gasteiger partial charge in [-0.25, -0.2) is 4.79 Å². The summed E-state index contributed by atoms with van der Waals surface area (Å²) >= 11 is 1.81. The zero-order valence-electron chi connectivity index (χ0n) is 21.4. The SMILES string of the molecule is CC(C(=O)N(C)[C@@H](Cc1c[nH]c2ccccc12)C(=O)O)C(SC(=O)c1ccccc1)SC(=O)c1ccccc1. The molecule has 39 heavy (non-hydrogen) atoms. The molecule has 3 aromatic carbocycles. The summed E-state index contributed by atoms with van der Waals surface area (Å²) in [7, 11) is 1.46. The number of amides is 1. The Kier molecular flexibility index (Phi) is 9.27. The molecule has 0 saturated heterocycles. The van der Waals surface area contributed by atoms with Gasteiger partial charge in [-0.15, -0.1) is 0 Å². The third kappa shape index (κ3) is 6.79. The summed E-state index contributed by atoms with van der Waals surface area (Å²) in [5.74, 6) is -2.44. The van der Waals surface area contributed by atoms with Crippen molar-refractivity contribution < 1.29 is 24.3 Å². The molecule has 1 unspecified atom stereocenters. The van der Waals surface area contributed by atoms with Crippen molar-refractivity contribution in [3.63, 3.8) is 0 Å². The number of likely N-dealkylation sites (N-methyl/N-ethyl adjacent to an activating group) is 1. The van der Waals surface area contributed by atoms with Gasteiger partial charge in [0.15, 0.2) is 0 Å². The molecule has 0 aliphatic carbocycles. The maximum atomic E-state index is 13.7. The van der Waals surface area contributed by atoms with E-state index in [0.717, 1.165) is 40.0 Å². The van der Waals surface area contributed by atoms with Crippen molar-refractivity contribution in [1.29, 1.82) is 0 Å². The molecule has 0 bridgehead atoms. The molecule has 1 amide bonds. The molecule has 9 heteroatoms. The first-order valence-corrected chi connectivity index (χ1v) is 14.1. The van der Waals surface area contributed by atoms with Crippen LogP contribution in [-0.2, 0) is 16.0 Å². The van der Waals surface area contributed by atoms with Gasteiger partial charge in [0, 0.05) is 41.7 Å². The van der Waals surface area contributed by atoms with Crippen LogP contribution >= 0.6 is 23.5 Å². The van der Waals surface area contributed by atoms with Crippen LogP contribution in [0.5, 0.6) is 0 Å². The van der Waals surface area contributed by atoms with Crippen LogP contribution in [0.3, 0.4) is 0 Å². The predicted molar refractivity (Wildman–Crippen MR) is 156 cm³/mol. The van der Waals surface area contributed by atoms with E-state index < -0.39 is 28.4 Å². The number of hydrogen-bond acceptors (Lipinski definition) is 6. The quantitative estimate of drug-likeness (QED) is 0.239. The number of benzene rings is 3. The van der Waals surface area contributed by atoms with Gasteiger partial charge in [-0.1, -0.05) is 109 Å². The highest BCUT2D eigenvalue weighted by Gasteiger charge is 2.36. The summed E-state index contributed by atoms with van der Waals surface area (Å²) < 4.78 is -0.775. The van der Waals surface area contributed by atoms with E-state index in [1.54, 1.807) is 73.8 Å². The summed E-state index contributed by atoms with van der Waals surface area (Å²) in [6.45, 7) is 1.63. The number of para-hydroxylation sites is 1. The first-order valence-electron chi connectivity index (χ1n) is 12.3. The fraction of sp³-hybridized carbons (Fsp3) is 0.200. The molecule has 1 aromatic heterocycles. The van der Waals surface area contributed by atoms with Gasteiger partial charge in [-0.2, -0.15) is 0 Å². The zero-order valence-corrected chi connectivity index (χ0v) is 23.1. The Morgan fingerprint density at radius 2 is 1.33 bits per heavy atom. The number of fused-ring (bicyclic) bond motifs is 1. The molecule has 0 saturated carbocycles. The van der Waals surface area contributed by atoms with Gasteiger partial charge in [-0.3, -0.25) is 14.4 Å². The predicted octanol–water partition coefficient (Wildman–Crippen LogP) is 5.73. The number of carbonyl (C=O) groups is 4. The van der Waals surface area contributed by atoms with Crippen LogP contribution in [0, 0.1) is 5.92 Å². The van der Waals surface area contributed by atoms with E-state index in [-0.39, 0.29) is 16.7 Å². The lowest BCUT2D eigenvalue weighted by molar-refractivity contribution is -0.150. The van der Waals surface area contributed by atoms with Crippen molar-refractivity contribution in [1.82, 2.24) is 9.88 Å². The average molecular weight is 561 g/mol. The topological polar surface area (TPSA) is 108 Å². The molecule has 4 rings (SSSR count). The van der Waals surface area contributed by atoms with E-state index in [0.29, 0.717) is 11.1 Å². The molecule has 0 radical (unpaired) electrons. The molecule has 7 nitrogen and oxygen atoms in total. The number of aromatic amines is 1. The van der Waals surface area contributed by atoms with Crippen LogP contribution in [0.15, 0.2) is 91.1 Å². The number of rotatable bonds is 10. The summed E-state index contributed by atoms with van der Waals surface area (Å²) in [5, 5.41) is 10.4. The van der Waals surface area contributed by atoms with E-state index in [9.17, 15) is 24.3 Å². The first-order chi connectivity index (χ1) is 18.8. The second-order valence-electron chi connectivity index (χ2n) is 9.07. The minimum Gasteiger partial charge on any atom is -0.480 e. The van der Waals surface area contributed by atoms with E-state index in [4.69, 9.17) is 0 Å². The zero-order chi connectivity index (χ0) is 27.9. The molecular formula is C30H28N2O5S2. The molecule has 2 atom stereocenters. The van der Waals surface area contributed by atoms with Gasteiger partial charge in [0.2, 0.25) is 16.1 Å². The van der Waals surface area contributed by atoms with Gasteiger partial charge in [0.1, 0.15) is 6.04 Å². The normalized spacial score (nSPS) is 12.7. The Hall–Kier alpha value is -3.82. The lowest BCUT2D eigenvalue weighted by Gasteiger charge is -2.30. The average Bonchev–Trinajstić information content (AvgIpc) is 3.37. The van der Waals surface area contributed by atoms with Crippen LogP contribution in [0.1, 0.15) is 33.2 Å². The number of nitrogens with zero attached hydrogens (tertiary/aromatic N) is 1. The Morgan fingerprint density at radius 1 is 0.821 bits per heavy atom. The summed E-state index contributed by atoms with van der Waals surface area (Å²) in [4.78, 5) is 56.4. The van der Waals surface area contributed by atoms with Crippen molar-refractivity contribution in [2.75, 3.05) is 7.05 Å². The fourth-order valence-electron chi connectivity index (χ4n) is 4.21. The highest BCUT2D eigenvalue weighted by Crippen LogP contribution is 2.36. The highest BCUT2D eigenvalue weighted by atomic mass is 32.2. The number of hydrogen-bond donors (Lipinski definition) is 2. The lowest BCUT2D eigenvalue weighted by Crippen LogP contribution is -2.47. The highest BCUT2D eigenvalue weighted by molar-refractivity contribution is 8.30. The number of H-pyrrole nitrogens is 1. The maximum absolute atomic E-state index is 13.7. The molecule has 0 aliphatic rings. The second-order valence-corrected chi connectivity index (χ2v) is 11.6. The summed E-state index contributed by atoms with van der Waals surface area (Å²) in [6, 6.07) is 23.7. The van der Waals surface area contributed by atoms with E-state index in [1.165, 1.54) is 11.9 Å². The standard InChI is InChI=1S/C30H28N2O5S2/c1-19(26(33)32(2)25(27(34)35)17-22-18-31-24-16-10-9-15-23(22)24)30(38-28(36)20-11-5-3-6-12-20)39-29(37)21-13-7-4-8-14-21/h3-16,18-19,25,30-31H,17H2,1-2H3,(H,34,35)/t19?,25-/m0/s1. The molecular weight excluding hydrogens is 532 g/mol. The van der Waals surface area contributed by atoms with E-state index in [1.807, 2.05) is 24.3 Å². The van der Waals surface area contributed by atoms with E-state index >= 15 is 0 Å². The molecule has 200 valence electrons. The van der Waals surface area contributed by atoms with Crippen molar-refractivity contribution in [2.24, 2.45) is 5.92 Å². The Balaban J connectivity index is 1.56. The third-order valence-corrected chi connectivity index (χ3v) is 9.21. The fourth-order valence-corrected chi connectivity index (χ4v) is 6.54. The monoisotopic (exact) mass is 560 g/mol. The van der Waals surface area contributed by atoms with Crippen LogP contribution in [0.4, 0.5) is 0 Å². The maximum Gasteiger partial charge on any atom is 0.326 e. The van der Waals surface area contributed by atoms with Gasteiger partial charge < -0.3 is 15.0 Å². The van der Waals surface area contributed by atoms with E-state index in [2.05, 4.69) is 4.98 Å². The minimum absolute atomic E-state index is 0.102. The van der Waals surface area contributed by atoms with Crippen LogP contribution in [0.2, 0.25) is 0 Å². The number of carbonyl (C=O) groups excluding carboxylic acids is 3. The number of aliphatic carboxylic acids is 1. The van der Waals surface area contributed by atoms with Gasteiger partial charge >= 0.3 is 5.97 Å². The van der Waals surface area contributed by atoms with Crippen molar-refractivity contribution >= 4 is 56.5 Å². The molecule has 4 aromatic rings. The van der Waals surface area contributed by atoms with Crippen molar-refractivity contribution in [2.45, 2.75) is 24.0 Å². The van der Waals surface area contributed by atoms with Crippen LogP contribution in [0.25, 0.3) is 10.9 Å². The van der Waals surface area contributed by atoms with Crippen LogP contribution < -0.4 is 0 Å². The van der Waals surface area contributed by atoms with Crippen molar-refractivity contribution in [3.8, 4) is 0 Å². The van der Waals surface area contributed by atoms with Crippen molar-refractivity contribution in [3.05, 3.63) is 108 Å². The minimum atomic E-state index is -1.14. The smallest absolute Gasteiger partial charge is 0.326 e. The Labute approximate surface area is 235 Å². The molecule has 0 fully saturated rings. The summed E-state index contributed by atoms with van der Waals surface area (Å²) in [5.41, 5.74) is 2.57. The Morgan fingerprint density at radius 3 is 1.87 bits per heavy atom. The molecule has 1 heterocycles. The molecule has 0 spiro atoms. The second kappa shape index (κ2) is 12.8. The number of thioether (sulfide) groups is 2. The number of nitrogens with one attached hydrogen (secondary N) is 1. The molecule has 2 N–H and O–H groups in total. The first kappa shape index (κ1) is 28.2. The number of aromatic nitrogens is 1. The van der Waals surface area contributed by atoms with Gasteiger partial charge in [0.25, 0.3) is 0 Å². The molecule has 0 aliphatic heterocycles. The lowest BCUT2D eigenvalue weighted by atomic mass is 10.0. The summed E-state index contributed by atoms with van der Waals surface area (Å²) in [6.07, 6.45) is 1.86. The van der Waals surface area contributed by atoms with Crippen LogP contribution in [-0.4, -0.2) is 54.8 Å². The van der Waals surface area contributed by atoms with Gasteiger partial charge in [-0.05, 0) is 11.6 Å². The third-order valence-electron chi connectivity index (χ3n) is 6.45. The Bertz CT molecular complexity index is 1420. The number of carboxylic acid groups (broad SMARTS) is 1. The largest absolute Gasteiger partial charge is 0.480 e. The van der Waals surface area contributed by atoms with Gasteiger partial charge in [0.05, 0.1) is 10.5 Å².